The van der Waals surface area contributed by atoms with E-state index in [0.29, 0.717) is 31.0 Å². The van der Waals surface area contributed by atoms with E-state index in [9.17, 15) is 13.2 Å². The molecule has 7 heteroatoms. The molecule has 0 saturated carbocycles. The molecule has 0 unspecified atom stereocenters. The Morgan fingerprint density at radius 1 is 1.04 bits per heavy atom. The van der Waals surface area contributed by atoms with Crippen LogP contribution in [0.4, 0.5) is 0 Å². The molecule has 0 aliphatic carbocycles. The maximum absolute atomic E-state index is 13.3. The minimum Gasteiger partial charge on any atom is -0.325 e. The number of sulfonamides is 1. The summed E-state index contributed by atoms with van der Waals surface area (Å²) in [6.07, 6.45) is 2.50. The number of carbonyl (C=O) groups excluding carboxylic acids is 1. The molecule has 1 atom stereocenters. The van der Waals surface area contributed by atoms with Crippen molar-refractivity contribution in [3.05, 3.63) is 29.8 Å². The van der Waals surface area contributed by atoms with Crippen molar-refractivity contribution < 1.29 is 13.2 Å². The third-order valence-electron chi connectivity index (χ3n) is 5.49. The Kier molecular flexibility index (Phi) is 6.23. The summed E-state index contributed by atoms with van der Waals surface area (Å²) < 4.78 is 28.1. The Morgan fingerprint density at radius 3 is 2.26 bits per heavy atom. The fourth-order valence-electron chi connectivity index (χ4n) is 4.11. The third kappa shape index (κ3) is 4.36. The second kappa shape index (κ2) is 8.29. The highest BCUT2D eigenvalue weighted by atomic mass is 32.2. The highest BCUT2D eigenvalue weighted by molar-refractivity contribution is 7.89. The van der Waals surface area contributed by atoms with Gasteiger partial charge in [0.1, 0.15) is 6.17 Å². The number of likely N-dealkylation sites (tertiary alicyclic amines) is 1. The first kappa shape index (κ1) is 20.3. The SMILES string of the molecule is Cc1ccc(S(=O)(=O)N2CCCN(C(=O)CN3CCCC3)[C@@H]2C(C)C)cc1. The summed E-state index contributed by atoms with van der Waals surface area (Å²) in [5, 5.41) is 0. The molecule has 1 aromatic rings. The molecule has 0 bridgehead atoms. The van der Waals surface area contributed by atoms with Gasteiger partial charge >= 0.3 is 0 Å². The van der Waals surface area contributed by atoms with Crippen molar-refractivity contribution in [2.75, 3.05) is 32.7 Å². The first-order chi connectivity index (χ1) is 12.8. The standard InChI is InChI=1S/C20H31N3O3S/c1-16(2)20-22(19(24)15-21-11-4-5-12-21)13-6-14-23(20)27(25,26)18-9-7-17(3)8-10-18/h7-10,16,20H,4-6,11-15H2,1-3H3/t20-/m0/s1. The van der Waals surface area contributed by atoms with E-state index in [2.05, 4.69) is 4.90 Å². The van der Waals surface area contributed by atoms with E-state index in [1.54, 1.807) is 17.0 Å². The smallest absolute Gasteiger partial charge is 0.244 e. The van der Waals surface area contributed by atoms with Crippen LogP contribution in [0, 0.1) is 12.8 Å². The van der Waals surface area contributed by atoms with Gasteiger partial charge in [-0.25, -0.2) is 8.42 Å². The quantitative estimate of drug-likeness (QED) is 0.770. The van der Waals surface area contributed by atoms with E-state index in [1.165, 1.54) is 4.31 Å². The van der Waals surface area contributed by atoms with E-state index < -0.39 is 16.2 Å². The van der Waals surface area contributed by atoms with Gasteiger partial charge in [-0.05, 0) is 57.3 Å². The number of rotatable bonds is 5. The molecule has 2 saturated heterocycles. The van der Waals surface area contributed by atoms with Gasteiger partial charge in [-0.15, -0.1) is 0 Å². The highest BCUT2D eigenvalue weighted by Gasteiger charge is 2.41. The number of nitrogens with zero attached hydrogens (tertiary/aromatic N) is 3. The molecule has 150 valence electrons. The molecule has 0 spiro atoms. The summed E-state index contributed by atoms with van der Waals surface area (Å²) in [5.74, 6) is 0.0625. The van der Waals surface area contributed by atoms with Crippen LogP contribution in [0.1, 0.15) is 38.7 Å². The molecule has 0 radical (unpaired) electrons. The molecule has 1 amide bonds. The van der Waals surface area contributed by atoms with Gasteiger partial charge in [0, 0.05) is 13.1 Å². The molecule has 2 fully saturated rings. The van der Waals surface area contributed by atoms with Crippen molar-refractivity contribution >= 4 is 15.9 Å². The van der Waals surface area contributed by atoms with Crippen molar-refractivity contribution in [2.45, 2.75) is 51.1 Å². The Bertz CT molecular complexity index is 755. The van der Waals surface area contributed by atoms with Crippen LogP contribution in [0.2, 0.25) is 0 Å². The van der Waals surface area contributed by atoms with Crippen LogP contribution < -0.4 is 0 Å². The molecule has 3 rings (SSSR count). The fourth-order valence-corrected chi connectivity index (χ4v) is 5.87. The van der Waals surface area contributed by atoms with Gasteiger partial charge in [-0.1, -0.05) is 31.5 Å². The maximum Gasteiger partial charge on any atom is 0.244 e. The fraction of sp³-hybridized carbons (Fsp3) is 0.650. The summed E-state index contributed by atoms with van der Waals surface area (Å²) in [4.78, 5) is 17.2. The van der Waals surface area contributed by atoms with Crippen molar-refractivity contribution in [1.82, 2.24) is 14.1 Å². The minimum absolute atomic E-state index is 0.0213. The number of aryl methyl sites for hydroxylation is 1. The highest BCUT2D eigenvalue weighted by Crippen LogP contribution is 2.28. The van der Waals surface area contributed by atoms with Crippen molar-refractivity contribution in [2.24, 2.45) is 5.92 Å². The van der Waals surface area contributed by atoms with Gasteiger partial charge in [-0.2, -0.15) is 4.31 Å². The van der Waals surface area contributed by atoms with Crippen LogP contribution in [-0.2, 0) is 14.8 Å². The van der Waals surface area contributed by atoms with Crippen molar-refractivity contribution in [3.8, 4) is 0 Å². The summed E-state index contributed by atoms with van der Waals surface area (Å²) in [6.45, 7) is 9.29. The van der Waals surface area contributed by atoms with Crippen LogP contribution in [0.15, 0.2) is 29.2 Å². The van der Waals surface area contributed by atoms with Crippen molar-refractivity contribution in [1.29, 1.82) is 0 Å². The van der Waals surface area contributed by atoms with Crippen LogP contribution in [-0.4, -0.2) is 67.3 Å². The molecular weight excluding hydrogens is 362 g/mol. The Balaban J connectivity index is 1.85. The van der Waals surface area contributed by atoms with Gasteiger partial charge in [0.05, 0.1) is 11.4 Å². The monoisotopic (exact) mass is 393 g/mol. The maximum atomic E-state index is 13.3. The number of carbonyl (C=O) groups is 1. The number of amides is 1. The van der Waals surface area contributed by atoms with Crippen LogP contribution in [0.5, 0.6) is 0 Å². The number of hydrogen-bond donors (Lipinski definition) is 0. The first-order valence-corrected chi connectivity index (χ1v) is 11.3. The normalized spacial score (nSPS) is 22.5. The minimum atomic E-state index is -3.64. The van der Waals surface area contributed by atoms with E-state index in [0.717, 1.165) is 31.5 Å². The number of benzene rings is 1. The Labute approximate surface area is 163 Å². The van der Waals surface area contributed by atoms with Crippen molar-refractivity contribution in [3.63, 3.8) is 0 Å². The van der Waals surface area contributed by atoms with E-state index in [-0.39, 0.29) is 11.8 Å². The average molecular weight is 394 g/mol. The molecule has 0 aromatic heterocycles. The lowest BCUT2D eigenvalue weighted by Gasteiger charge is -2.45. The molecule has 2 heterocycles. The van der Waals surface area contributed by atoms with Crippen LogP contribution >= 0.6 is 0 Å². The zero-order valence-corrected chi connectivity index (χ0v) is 17.4. The molecule has 2 aliphatic rings. The molecule has 1 aromatic carbocycles. The second-order valence-electron chi connectivity index (χ2n) is 8.01. The van der Waals surface area contributed by atoms with Gasteiger partial charge in [0.2, 0.25) is 15.9 Å². The lowest BCUT2D eigenvalue weighted by atomic mass is 10.1. The lowest BCUT2D eigenvalue weighted by Crippen LogP contribution is -2.60. The summed E-state index contributed by atoms with van der Waals surface area (Å²) >= 11 is 0. The van der Waals surface area contributed by atoms with Gasteiger partial charge in [0.25, 0.3) is 0 Å². The second-order valence-corrected chi connectivity index (χ2v) is 9.90. The van der Waals surface area contributed by atoms with Gasteiger partial charge < -0.3 is 4.90 Å². The molecule has 2 aliphatic heterocycles. The molecule has 6 nitrogen and oxygen atoms in total. The van der Waals surface area contributed by atoms with Crippen LogP contribution in [0.3, 0.4) is 0 Å². The summed E-state index contributed by atoms with van der Waals surface area (Å²) in [7, 11) is -3.64. The lowest BCUT2D eigenvalue weighted by molar-refractivity contribution is -0.140. The average Bonchev–Trinajstić information content (AvgIpc) is 3.14. The summed E-state index contributed by atoms with van der Waals surface area (Å²) in [6, 6.07) is 6.95. The van der Waals surface area contributed by atoms with Gasteiger partial charge in [0.15, 0.2) is 0 Å². The molecular formula is C20H31N3O3S. The Morgan fingerprint density at radius 2 is 1.67 bits per heavy atom. The summed E-state index contributed by atoms with van der Waals surface area (Å²) in [5.41, 5.74) is 1.02. The largest absolute Gasteiger partial charge is 0.325 e. The van der Waals surface area contributed by atoms with E-state index >= 15 is 0 Å². The topological polar surface area (TPSA) is 60.9 Å². The first-order valence-electron chi connectivity index (χ1n) is 9.91. The third-order valence-corrected chi connectivity index (χ3v) is 7.38. The zero-order valence-electron chi connectivity index (χ0n) is 16.6. The number of hydrogen-bond acceptors (Lipinski definition) is 4. The van der Waals surface area contributed by atoms with E-state index in [1.807, 2.05) is 32.9 Å². The predicted octanol–water partition coefficient (Wildman–Crippen LogP) is 2.30. The predicted molar refractivity (Wildman–Crippen MR) is 106 cm³/mol. The van der Waals surface area contributed by atoms with Crippen LogP contribution in [0.25, 0.3) is 0 Å². The molecule has 0 N–H and O–H groups in total. The van der Waals surface area contributed by atoms with E-state index in [4.69, 9.17) is 0 Å². The Hall–Kier alpha value is -1.44. The molecule has 27 heavy (non-hydrogen) atoms. The zero-order chi connectivity index (χ0) is 19.6. The van der Waals surface area contributed by atoms with Gasteiger partial charge in [-0.3, -0.25) is 9.69 Å².